The number of halogens is 1. The van der Waals surface area contributed by atoms with Crippen molar-refractivity contribution in [1.29, 1.82) is 0 Å². The molecular weight excluding hydrogens is 310 g/mol. The van der Waals surface area contributed by atoms with Crippen LogP contribution in [0.5, 0.6) is 0 Å². The van der Waals surface area contributed by atoms with Gasteiger partial charge in [-0.3, -0.25) is 15.0 Å². The van der Waals surface area contributed by atoms with E-state index in [0.29, 0.717) is 0 Å². The van der Waals surface area contributed by atoms with Gasteiger partial charge in [-0.25, -0.2) is 0 Å². The molecule has 2 aliphatic rings. The average Bonchev–Trinajstić information content (AvgIpc) is 2.91. The van der Waals surface area contributed by atoms with Crippen molar-refractivity contribution in [3.05, 3.63) is 27.1 Å². The molecule has 0 radical (unpaired) electrons. The van der Waals surface area contributed by atoms with Crippen molar-refractivity contribution in [1.82, 2.24) is 10.2 Å². The summed E-state index contributed by atoms with van der Waals surface area (Å²) in [5.74, 6) is 0. The molecule has 1 saturated carbocycles. The van der Waals surface area contributed by atoms with Gasteiger partial charge in [0.25, 0.3) is 0 Å². The van der Waals surface area contributed by atoms with Gasteiger partial charge < -0.3 is 5.32 Å². The van der Waals surface area contributed by atoms with Gasteiger partial charge in [0.2, 0.25) is 0 Å². The first-order chi connectivity index (χ1) is 9.70. The molecule has 1 N–H and O–H groups in total. The molecule has 1 aromatic rings. The number of rotatable bonds is 3. The Hall–Kier alpha value is -0.690. The smallest absolute Gasteiger partial charge is 0.314 e. The fourth-order valence-electron chi connectivity index (χ4n) is 3.60. The Morgan fingerprint density at radius 3 is 2.81 bits per heavy atom. The predicted molar refractivity (Wildman–Crippen MR) is 87.3 cm³/mol. The molecule has 0 bridgehead atoms. The van der Waals surface area contributed by atoms with Gasteiger partial charge in [0, 0.05) is 43.2 Å². The highest BCUT2D eigenvalue weighted by molar-refractivity contribution is 7.13. The lowest BCUT2D eigenvalue weighted by atomic mass is 9.79. The van der Waals surface area contributed by atoms with Crippen LogP contribution in [0.25, 0.3) is 0 Å². The molecule has 0 unspecified atom stereocenters. The summed E-state index contributed by atoms with van der Waals surface area (Å²) in [6, 6.07) is 1.74. The monoisotopic (exact) mass is 331 g/mol. The van der Waals surface area contributed by atoms with Crippen LogP contribution in [0.2, 0.25) is 0 Å². The van der Waals surface area contributed by atoms with E-state index in [0.717, 1.165) is 31.7 Å². The quantitative estimate of drug-likeness (QED) is 0.682. The number of nitro groups is 1. The number of thiophene rings is 1. The molecule has 1 aliphatic heterocycles. The lowest BCUT2D eigenvalue weighted by Gasteiger charge is -2.50. The third-order valence-electron chi connectivity index (χ3n) is 4.66. The van der Waals surface area contributed by atoms with Crippen LogP contribution in [0.3, 0.4) is 0 Å². The molecule has 0 aromatic carbocycles. The van der Waals surface area contributed by atoms with Crippen molar-refractivity contribution >= 4 is 28.7 Å². The SMILES string of the molecule is Cl.O=[N+]([O-])c1cc(CN2CCNCC23CCCCC3)cs1. The molecule has 3 rings (SSSR count). The number of piperazine rings is 1. The first-order valence-corrected chi connectivity index (χ1v) is 8.25. The minimum absolute atomic E-state index is 0. The molecule has 1 aliphatic carbocycles. The van der Waals surface area contributed by atoms with Crippen LogP contribution in [0.4, 0.5) is 5.00 Å². The lowest BCUT2D eigenvalue weighted by Crippen LogP contribution is -2.61. The largest absolute Gasteiger partial charge is 0.324 e. The Bertz CT molecular complexity index is 480. The van der Waals surface area contributed by atoms with Crippen molar-refractivity contribution < 1.29 is 4.92 Å². The first-order valence-electron chi connectivity index (χ1n) is 7.37. The molecule has 2 fully saturated rings. The van der Waals surface area contributed by atoms with E-state index >= 15 is 0 Å². The summed E-state index contributed by atoms with van der Waals surface area (Å²) in [6.45, 7) is 3.99. The van der Waals surface area contributed by atoms with E-state index in [2.05, 4.69) is 10.2 Å². The van der Waals surface area contributed by atoms with Gasteiger partial charge >= 0.3 is 5.00 Å². The molecule has 0 atom stereocenters. The first kappa shape index (κ1) is 16.7. The maximum atomic E-state index is 10.8. The van der Waals surface area contributed by atoms with Crippen LogP contribution in [-0.2, 0) is 6.54 Å². The summed E-state index contributed by atoms with van der Waals surface area (Å²) < 4.78 is 0. The fourth-order valence-corrected chi connectivity index (χ4v) is 4.32. The Morgan fingerprint density at radius 1 is 1.38 bits per heavy atom. The van der Waals surface area contributed by atoms with Crippen LogP contribution in [0.1, 0.15) is 37.7 Å². The van der Waals surface area contributed by atoms with E-state index in [1.807, 2.05) is 5.38 Å². The highest BCUT2D eigenvalue weighted by atomic mass is 35.5. The molecule has 1 saturated heterocycles. The van der Waals surface area contributed by atoms with Gasteiger partial charge in [-0.2, -0.15) is 0 Å². The van der Waals surface area contributed by atoms with Gasteiger partial charge in [0.05, 0.1) is 4.92 Å². The molecule has 1 spiro atoms. The average molecular weight is 332 g/mol. The van der Waals surface area contributed by atoms with E-state index in [9.17, 15) is 10.1 Å². The second kappa shape index (κ2) is 7.05. The summed E-state index contributed by atoms with van der Waals surface area (Å²) in [5.41, 5.74) is 1.38. The van der Waals surface area contributed by atoms with Crippen LogP contribution < -0.4 is 5.32 Å². The zero-order valence-electron chi connectivity index (χ0n) is 12.0. The zero-order chi connectivity index (χ0) is 14.0. The summed E-state index contributed by atoms with van der Waals surface area (Å²) in [6.07, 6.45) is 6.47. The maximum Gasteiger partial charge on any atom is 0.324 e. The molecule has 118 valence electrons. The van der Waals surface area contributed by atoms with E-state index in [1.165, 1.54) is 43.4 Å². The Kier molecular flexibility index (Phi) is 5.60. The highest BCUT2D eigenvalue weighted by Crippen LogP contribution is 2.36. The Morgan fingerprint density at radius 2 is 2.14 bits per heavy atom. The van der Waals surface area contributed by atoms with Gasteiger partial charge in [-0.05, 0) is 18.4 Å². The second-order valence-electron chi connectivity index (χ2n) is 5.93. The number of hydrogen-bond acceptors (Lipinski definition) is 5. The van der Waals surface area contributed by atoms with Gasteiger partial charge in [-0.15, -0.1) is 12.4 Å². The predicted octanol–water partition coefficient (Wildman–Crippen LogP) is 3.19. The van der Waals surface area contributed by atoms with Crippen molar-refractivity contribution in [2.75, 3.05) is 19.6 Å². The second-order valence-corrected chi connectivity index (χ2v) is 6.82. The number of nitrogens with one attached hydrogen (secondary N) is 1. The topological polar surface area (TPSA) is 58.4 Å². The standard InChI is InChI=1S/C14H21N3O2S.ClH/c18-17(19)13-8-12(10-20-13)9-16-7-6-15-11-14(16)4-2-1-3-5-14;/h8,10,15H,1-7,9,11H2;1H. The summed E-state index contributed by atoms with van der Waals surface area (Å²) in [5, 5.41) is 16.5. The Balaban J connectivity index is 0.00000161. The minimum atomic E-state index is -0.289. The van der Waals surface area contributed by atoms with Gasteiger partial charge in [0.1, 0.15) is 0 Å². The van der Waals surface area contributed by atoms with Crippen molar-refractivity contribution in [2.45, 2.75) is 44.2 Å². The minimum Gasteiger partial charge on any atom is -0.314 e. The lowest BCUT2D eigenvalue weighted by molar-refractivity contribution is -0.380. The zero-order valence-corrected chi connectivity index (χ0v) is 13.7. The third-order valence-corrected chi connectivity index (χ3v) is 5.59. The maximum absolute atomic E-state index is 10.8. The molecule has 21 heavy (non-hydrogen) atoms. The van der Waals surface area contributed by atoms with Crippen molar-refractivity contribution in [2.24, 2.45) is 0 Å². The molecule has 7 heteroatoms. The molecule has 0 amide bonds. The number of nitrogens with zero attached hydrogens (tertiary/aromatic N) is 2. The van der Waals surface area contributed by atoms with Crippen LogP contribution in [-0.4, -0.2) is 35.0 Å². The third kappa shape index (κ3) is 3.56. The molecule has 5 nitrogen and oxygen atoms in total. The van der Waals surface area contributed by atoms with Crippen molar-refractivity contribution in [3.63, 3.8) is 0 Å². The summed E-state index contributed by atoms with van der Waals surface area (Å²) >= 11 is 1.24. The molecule has 2 heterocycles. The highest BCUT2D eigenvalue weighted by Gasteiger charge is 2.39. The van der Waals surface area contributed by atoms with Crippen LogP contribution >= 0.6 is 23.7 Å². The van der Waals surface area contributed by atoms with E-state index in [1.54, 1.807) is 6.07 Å². The summed E-state index contributed by atoms with van der Waals surface area (Å²) in [4.78, 5) is 13.1. The number of hydrogen-bond donors (Lipinski definition) is 1. The van der Waals surface area contributed by atoms with E-state index < -0.39 is 0 Å². The van der Waals surface area contributed by atoms with Crippen LogP contribution in [0.15, 0.2) is 11.4 Å². The summed E-state index contributed by atoms with van der Waals surface area (Å²) in [7, 11) is 0. The van der Waals surface area contributed by atoms with Gasteiger partial charge in [0.15, 0.2) is 0 Å². The van der Waals surface area contributed by atoms with E-state index in [4.69, 9.17) is 0 Å². The van der Waals surface area contributed by atoms with Crippen LogP contribution in [0, 0.1) is 10.1 Å². The van der Waals surface area contributed by atoms with Gasteiger partial charge in [-0.1, -0.05) is 30.6 Å². The normalized spacial score (nSPS) is 21.9. The Labute approximate surface area is 135 Å². The molecular formula is C14H22ClN3O2S. The van der Waals surface area contributed by atoms with E-state index in [-0.39, 0.29) is 27.9 Å². The fraction of sp³-hybridized carbons (Fsp3) is 0.714. The molecule has 1 aromatic heterocycles. The van der Waals surface area contributed by atoms with Crippen molar-refractivity contribution in [3.8, 4) is 0 Å².